The van der Waals surface area contributed by atoms with E-state index in [9.17, 15) is 4.79 Å². The average molecular weight is 265 g/mol. The Kier molecular flexibility index (Phi) is 4.48. The largest absolute Gasteiger partial charge is 0.369 e. The molecule has 0 heterocycles. The summed E-state index contributed by atoms with van der Waals surface area (Å²) in [4.78, 5) is 10.6. The second-order valence-corrected chi connectivity index (χ2v) is 4.42. The van der Waals surface area contributed by atoms with E-state index in [4.69, 9.17) is 11.0 Å². The molecule has 1 amide bonds. The third-order valence-corrected chi connectivity index (χ3v) is 2.94. The minimum absolute atomic E-state index is 0.166. The molecule has 20 heavy (non-hydrogen) atoms. The molecule has 4 heteroatoms. The van der Waals surface area contributed by atoms with Crippen LogP contribution in [0.5, 0.6) is 0 Å². The van der Waals surface area contributed by atoms with E-state index in [1.807, 2.05) is 42.5 Å². The lowest BCUT2D eigenvalue weighted by molar-refractivity contribution is -0.117. The Morgan fingerprint density at radius 1 is 1.15 bits per heavy atom. The predicted molar refractivity (Wildman–Crippen MR) is 77.5 cm³/mol. The second-order valence-electron chi connectivity index (χ2n) is 4.42. The van der Waals surface area contributed by atoms with Gasteiger partial charge in [0.05, 0.1) is 18.2 Å². The number of hydrogen-bond acceptors (Lipinski definition) is 3. The van der Waals surface area contributed by atoms with Crippen LogP contribution in [0.2, 0.25) is 0 Å². The van der Waals surface area contributed by atoms with Crippen LogP contribution in [0, 0.1) is 11.3 Å². The highest BCUT2D eigenvalue weighted by Gasteiger charge is 2.03. The van der Waals surface area contributed by atoms with Gasteiger partial charge in [-0.3, -0.25) is 4.79 Å². The van der Waals surface area contributed by atoms with Gasteiger partial charge in [0, 0.05) is 6.54 Å². The fraction of sp³-hybridized carbons (Fsp3) is 0.125. The van der Waals surface area contributed by atoms with Crippen LogP contribution in [0.15, 0.2) is 48.5 Å². The number of primary amides is 1. The van der Waals surface area contributed by atoms with Gasteiger partial charge in [0.25, 0.3) is 0 Å². The van der Waals surface area contributed by atoms with E-state index in [-0.39, 0.29) is 12.5 Å². The van der Waals surface area contributed by atoms with Crippen LogP contribution in [0.4, 0.5) is 0 Å². The molecular formula is C16H15N3O. The summed E-state index contributed by atoms with van der Waals surface area (Å²) < 4.78 is 0. The van der Waals surface area contributed by atoms with Crippen molar-refractivity contribution in [2.75, 3.05) is 6.54 Å². The number of nitrogens with two attached hydrogens (primary N) is 1. The maximum Gasteiger partial charge on any atom is 0.231 e. The van der Waals surface area contributed by atoms with Crippen molar-refractivity contribution >= 4 is 5.91 Å². The highest BCUT2D eigenvalue weighted by atomic mass is 16.1. The van der Waals surface area contributed by atoms with Crippen LogP contribution < -0.4 is 11.1 Å². The molecule has 0 atom stereocenters. The van der Waals surface area contributed by atoms with Gasteiger partial charge in [0.2, 0.25) is 5.91 Å². The van der Waals surface area contributed by atoms with Crippen molar-refractivity contribution in [3.8, 4) is 17.2 Å². The molecule has 3 N–H and O–H groups in total. The third-order valence-electron chi connectivity index (χ3n) is 2.94. The Bertz CT molecular complexity index is 642. The first-order valence-corrected chi connectivity index (χ1v) is 6.28. The molecule has 2 aromatic rings. The summed E-state index contributed by atoms with van der Waals surface area (Å²) in [6.45, 7) is 0.752. The SMILES string of the molecule is N#Cc1ccccc1-c1ccc(CNCC(N)=O)cc1. The van der Waals surface area contributed by atoms with Crippen LogP contribution in [0.3, 0.4) is 0 Å². The molecular weight excluding hydrogens is 250 g/mol. The zero-order valence-electron chi connectivity index (χ0n) is 11.0. The first-order chi connectivity index (χ1) is 9.70. The van der Waals surface area contributed by atoms with E-state index in [0.717, 1.165) is 16.7 Å². The molecule has 0 spiro atoms. The van der Waals surface area contributed by atoms with E-state index < -0.39 is 0 Å². The van der Waals surface area contributed by atoms with Crippen molar-refractivity contribution in [2.24, 2.45) is 5.73 Å². The number of carbonyl (C=O) groups excluding carboxylic acids is 1. The van der Waals surface area contributed by atoms with Crippen molar-refractivity contribution in [3.05, 3.63) is 59.7 Å². The normalized spacial score (nSPS) is 9.95. The lowest BCUT2D eigenvalue weighted by atomic mass is 9.99. The Labute approximate surface area is 117 Å². The topological polar surface area (TPSA) is 78.9 Å². The van der Waals surface area contributed by atoms with Gasteiger partial charge < -0.3 is 11.1 Å². The van der Waals surface area contributed by atoms with E-state index in [2.05, 4.69) is 11.4 Å². The molecule has 0 saturated heterocycles. The summed E-state index contributed by atoms with van der Waals surface area (Å²) >= 11 is 0. The fourth-order valence-electron chi connectivity index (χ4n) is 1.96. The molecule has 0 radical (unpaired) electrons. The van der Waals surface area contributed by atoms with Gasteiger partial charge in [0.1, 0.15) is 0 Å². The summed E-state index contributed by atoms with van der Waals surface area (Å²) in [5.74, 6) is -0.371. The number of rotatable bonds is 5. The first kappa shape index (κ1) is 13.8. The van der Waals surface area contributed by atoms with Crippen LogP contribution in [0.25, 0.3) is 11.1 Å². The number of amides is 1. The minimum atomic E-state index is -0.371. The van der Waals surface area contributed by atoms with Gasteiger partial charge in [-0.05, 0) is 22.8 Å². The Morgan fingerprint density at radius 2 is 1.85 bits per heavy atom. The molecule has 2 rings (SSSR count). The molecule has 4 nitrogen and oxygen atoms in total. The van der Waals surface area contributed by atoms with Crippen LogP contribution >= 0.6 is 0 Å². The van der Waals surface area contributed by atoms with Crippen molar-refractivity contribution < 1.29 is 4.79 Å². The summed E-state index contributed by atoms with van der Waals surface area (Å²) in [7, 11) is 0. The maximum absolute atomic E-state index is 10.6. The molecule has 0 aliphatic carbocycles. The van der Waals surface area contributed by atoms with Crippen LogP contribution in [-0.4, -0.2) is 12.5 Å². The Hall–Kier alpha value is -2.64. The standard InChI is InChI=1S/C16H15N3O/c17-9-14-3-1-2-4-15(14)13-7-5-12(6-8-13)10-19-11-16(18)20/h1-8,19H,10-11H2,(H2,18,20). The fourth-order valence-corrected chi connectivity index (χ4v) is 1.96. The van der Waals surface area contributed by atoms with Gasteiger partial charge in [-0.15, -0.1) is 0 Å². The predicted octanol–water partition coefficient (Wildman–Crippen LogP) is 1.80. The van der Waals surface area contributed by atoms with Gasteiger partial charge in [-0.25, -0.2) is 0 Å². The molecule has 0 unspecified atom stereocenters. The van der Waals surface area contributed by atoms with E-state index >= 15 is 0 Å². The van der Waals surface area contributed by atoms with Gasteiger partial charge in [0.15, 0.2) is 0 Å². The van der Waals surface area contributed by atoms with E-state index in [1.165, 1.54) is 0 Å². The third kappa shape index (κ3) is 3.44. The van der Waals surface area contributed by atoms with Crippen LogP contribution in [-0.2, 0) is 11.3 Å². The molecule has 0 fully saturated rings. The Morgan fingerprint density at radius 3 is 2.50 bits per heavy atom. The molecule has 100 valence electrons. The van der Waals surface area contributed by atoms with Crippen LogP contribution in [0.1, 0.15) is 11.1 Å². The molecule has 0 aliphatic heterocycles. The quantitative estimate of drug-likeness (QED) is 0.865. The molecule has 0 saturated carbocycles. The number of carbonyl (C=O) groups is 1. The smallest absolute Gasteiger partial charge is 0.231 e. The van der Waals surface area contributed by atoms with Crippen molar-refractivity contribution in [1.29, 1.82) is 5.26 Å². The number of nitriles is 1. The second kappa shape index (κ2) is 6.50. The summed E-state index contributed by atoms with van der Waals surface area (Å²) in [5.41, 5.74) is 8.70. The summed E-state index contributed by atoms with van der Waals surface area (Å²) in [6, 6.07) is 17.6. The summed E-state index contributed by atoms with van der Waals surface area (Å²) in [5, 5.41) is 12.1. The number of nitrogens with one attached hydrogen (secondary N) is 1. The van der Waals surface area contributed by atoms with Crippen molar-refractivity contribution in [2.45, 2.75) is 6.54 Å². The average Bonchev–Trinajstić information content (AvgIpc) is 2.47. The molecule has 0 bridgehead atoms. The summed E-state index contributed by atoms with van der Waals surface area (Å²) in [6.07, 6.45) is 0. The highest BCUT2D eigenvalue weighted by molar-refractivity contribution is 5.75. The van der Waals surface area contributed by atoms with Crippen molar-refractivity contribution in [3.63, 3.8) is 0 Å². The molecule has 0 aliphatic rings. The number of hydrogen-bond donors (Lipinski definition) is 2. The minimum Gasteiger partial charge on any atom is -0.369 e. The monoisotopic (exact) mass is 265 g/mol. The van der Waals surface area contributed by atoms with E-state index in [1.54, 1.807) is 6.07 Å². The molecule has 2 aromatic carbocycles. The lowest BCUT2D eigenvalue weighted by Gasteiger charge is -2.06. The zero-order chi connectivity index (χ0) is 14.4. The van der Waals surface area contributed by atoms with Crippen molar-refractivity contribution in [1.82, 2.24) is 5.32 Å². The zero-order valence-corrected chi connectivity index (χ0v) is 11.0. The Balaban J connectivity index is 2.12. The number of benzene rings is 2. The maximum atomic E-state index is 10.6. The molecule has 0 aromatic heterocycles. The van der Waals surface area contributed by atoms with E-state index in [0.29, 0.717) is 12.1 Å². The van der Waals surface area contributed by atoms with Gasteiger partial charge >= 0.3 is 0 Å². The number of nitrogens with zero attached hydrogens (tertiary/aromatic N) is 1. The lowest BCUT2D eigenvalue weighted by Crippen LogP contribution is -2.28. The van der Waals surface area contributed by atoms with Gasteiger partial charge in [-0.1, -0.05) is 42.5 Å². The van der Waals surface area contributed by atoms with Gasteiger partial charge in [-0.2, -0.15) is 5.26 Å². The first-order valence-electron chi connectivity index (χ1n) is 6.28. The highest BCUT2D eigenvalue weighted by Crippen LogP contribution is 2.23.